The summed E-state index contributed by atoms with van der Waals surface area (Å²) in [7, 11) is 2.23. The third-order valence-electron chi connectivity index (χ3n) is 3.29. The standard InChI is InChI=1S/C14H27N/c1-13(2)7-4-5-8-14-9-6-11-15(3)12-10-14/h9,13H,4-8,10-12H2,1-3H3. The molecule has 1 heteroatoms. The van der Waals surface area contributed by atoms with E-state index < -0.39 is 0 Å². The first-order valence-corrected chi connectivity index (χ1v) is 6.55. The molecule has 1 aliphatic rings. The predicted molar refractivity (Wildman–Crippen MR) is 68.1 cm³/mol. The van der Waals surface area contributed by atoms with Crippen LogP contribution in [0.4, 0.5) is 0 Å². The van der Waals surface area contributed by atoms with Crippen LogP contribution < -0.4 is 0 Å². The van der Waals surface area contributed by atoms with E-state index in [1.165, 1.54) is 51.6 Å². The quantitative estimate of drug-likeness (QED) is 0.491. The van der Waals surface area contributed by atoms with Crippen LogP contribution in [-0.4, -0.2) is 25.0 Å². The van der Waals surface area contributed by atoms with Crippen LogP contribution in [0.5, 0.6) is 0 Å². The fourth-order valence-electron chi connectivity index (χ4n) is 2.17. The molecule has 0 radical (unpaired) electrons. The highest BCUT2D eigenvalue weighted by Gasteiger charge is 2.06. The van der Waals surface area contributed by atoms with Gasteiger partial charge >= 0.3 is 0 Å². The first kappa shape index (κ1) is 12.8. The van der Waals surface area contributed by atoms with Crippen molar-refractivity contribution >= 4 is 0 Å². The monoisotopic (exact) mass is 209 g/mol. The molecule has 0 bridgehead atoms. The number of hydrogen-bond donors (Lipinski definition) is 0. The number of hydrogen-bond acceptors (Lipinski definition) is 1. The van der Waals surface area contributed by atoms with Gasteiger partial charge in [-0.25, -0.2) is 0 Å². The molecule has 1 heterocycles. The molecule has 0 saturated heterocycles. The average molecular weight is 209 g/mol. The predicted octanol–water partition coefficient (Wildman–Crippen LogP) is 3.85. The fourth-order valence-corrected chi connectivity index (χ4v) is 2.17. The van der Waals surface area contributed by atoms with Gasteiger partial charge in [0.25, 0.3) is 0 Å². The maximum Gasteiger partial charge on any atom is 0.00156 e. The minimum atomic E-state index is 0.874. The summed E-state index contributed by atoms with van der Waals surface area (Å²) in [5.41, 5.74) is 1.71. The topological polar surface area (TPSA) is 3.24 Å². The molecular weight excluding hydrogens is 182 g/mol. The van der Waals surface area contributed by atoms with E-state index in [0.717, 1.165) is 5.92 Å². The van der Waals surface area contributed by atoms with E-state index in [9.17, 15) is 0 Å². The summed E-state index contributed by atoms with van der Waals surface area (Å²) in [5, 5.41) is 0. The van der Waals surface area contributed by atoms with Crippen LogP contribution in [0.3, 0.4) is 0 Å². The highest BCUT2D eigenvalue weighted by atomic mass is 15.1. The van der Waals surface area contributed by atoms with Crippen molar-refractivity contribution < 1.29 is 0 Å². The molecule has 88 valence electrons. The lowest BCUT2D eigenvalue weighted by Gasteiger charge is -2.12. The Balaban J connectivity index is 2.12. The maximum atomic E-state index is 2.48. The average Bonchev–Trinajstić information content (AvgIpc) is 2.38. The van der Waals surface area contributed by atoms with Crippen LogP contribution in [0.2, 0.25) is 0 Å². The van der Waals surface area contributed by atoms with E-state index in [1.54, 1.807) is 5.57 Å². The van der Waals surface area contributed by atoms with Gasteiger partial charge in [0, 0.05) is 13.1 Å². The van der Waals surface area contributed by atoms with Gasteiger partial charge in [0.05, 0.1) is 0 Å². The summed E-state index contributed by atoms with van der Waals surface area (Å²) < 4.78 is 0. The lowest BCUT2D eigenvalue weighted by Crippen LogP contribution is -2.18. The molecule has 0 unspecified atom stereocenters. The molecule has 15 heavy (non-hydrogen) atoms. The van der Waals surface area contributed by atoms with Crippen LogP contribution in [-0.2, 0) is 0 Å². The van der Waals surface area contributed by atoms with E-state index in [1.807, 2.05) is 0 Å². The van der Waals surface area contributed by atoms with Crippen LogP contribution in [0.1, 0.15) is 52.4 Å². The van der Waals surface area contributed by atoms with Gasteiger partial charge < -0.3 is 4.90 Å². The summed E-state index contributed by atoms with van der Waals surface area (Å²) in [6.45, 7) is 7.14. The van der Waals surface area contributed by atoms with Gasteiger partial charge in [-0.15, -0.1) is 0 Å². The molecule has 1 rings (SSSR count). The lowest BCUT2D eigenvalue weighted by molar-refractivity contribution is 0.352. The first-order valence-electron chi connectivity index (χ1n) is 6.55. The van der Waals surface area contributed by atoms with E-state index in [0.29, 0.717) is 0 Å². The van der Waals surface area contributed by atoms with E-state index in [2.05, 4.69) is 31.9 Å². The second-order valence-corrected chi connectivity index (χ2v) is 5.34. The number of unbranched alkanes of at least 4 members (excludes halogenated alkanes) is 1. The molecule has 0 aromatic heterocycles. The minimum Gasteiger partial charge on any atom is -0.306 e. The molecule has 0 aromatic carbocycles. The van der Waals surface area contributed by atoms with Crippen molar-refractivity contribution in [2.75, 3.05) is 20.1 Å². The Labute approximate surface area is 95.5 Å². The Morgan fingerprint density at radius 2 is 2.07 bits per heavy atom. The SMILES string of the molecule is CC(C)CCCCC1=CCCN(C)CC1. The Morgan fingerprint density at radius 3 is 2.80 bits per heavy atom. The molecule has 0 aliphatic carbocycles. The van der Waals surface area contributed by atoms with Crippen molar-refractivity contribution in [3.8, 4) is 0 Å². The lowest BCUT2D eigenvalue weighted by atomic mass is 10.0. The van der Waals surface area contributed by atoms with Gasteiger partial charge in [-0.1, -0.05) is 38.3 Å². The molecule has 0 amide bonds. The van der Waals surface area contributed by atoms with Gasteiger partial charge in [-0.3, -0.25) is 0 Å². The zero-order valence-electron chi connectivity index (χ0n) is 10.8. The summed E-state index contributed by atoms with van der Waals surface area (Å²) in [6, 6.07) is 0. The highest BCUT2D eigenvalue weighted by molar-refractivity contribution is 5.04. The number of nitrogens with zero attached hydrogens (tertiary/aromatic N) is 1. The van der Waals surface area contributed by atoms with Crippen molar-refractivity contribution in [1.82, 2.24) is 4.90 Å². The van der Waals surface area contributed by atoms with Crippen molar-refractivity contribution in [1.29, 1.82) is 0 Å². The summed E-state index contributed by atoms with van der Waals surface area (Å²) in [4.78, 5) is 2.44. The highest BCUT2D eigenvalue weighted by Crippen LogP contribution is 2.18. The zero-order chi connectivity index (χ0) is 11.1. The van der Waals surface area contributed by atoms with Crippen LogP contribution >= 0.6 is 0 Å². The van der Waals surface area contributed by atoms with Crippen molar-refractivity contribution in [2.24, 2.45) is 5.92 Å². The third kappa shape index (κ3) is 5.99. The van der Waals surface area contributed by atoms with Gasteiger partial charge in [0.2, 0.25) is 0 Å². The van der Waals surface area contributed by atoms with Crippen molar-refractivity contribution in [2.45, 2.75) is 52.4 Å². The van der Waals surface area contributed by atoms with Gasteiger partial charge in [0.15, 0.2) is 0 Å². The molecule has 0 aromatic rings. The second kappa shape index (κ2) is 7.05. The Bertz CT molecular complexity index is 194. The largest absolute Gasteiger partial charge is 0.306 e. The number of rotatable bonds is 5. The summed E-state index contributed by atoms with van der Waals surface area (Å²) in [5.74, 6) is 0.874. The summed E-state index contributed by atoms with van der Waals surface area (Å²) in [6.07, 6.45) is 10.6. The third-order valence-corrected chi connectivity index (χ3v) is 3.29. The van der Waals surface area contributed by atoms with Crippen molar-refractivity contribution in [3.05, 3.63) is 11.6 Å². The molecule has 0 saturated carbocycles. The summed E-state index contributed by atoms with van der Waals surface area (Å²) >= 11 is 0. The second-order valence-electron chi connectivity index (χ2n) is 5.34. The molecule has 1 nitrogen and oxygen atoms in total. The Kier molecular flexibility index (Phi) is 6.00. The van der Waals surface area contributed by atoms with Gasteiger partial charge in [-0.2, -0.15) is 0 Å². The van der Waals surface area contributed by atoms with Crippen LogP contribution in [0.25, 0.3) is 0 Å². The Morgan fingerprint density at radius 1 is 1.27 bits per heavy atom. The van der Waals surface area contributed by atoms with Gasteiger partial charge in [-0.05, 0) is 38.6 Å². The van der Waals surface area contributed by atoms with E-state index in [-0.39, 0.29) is 0 Å². The zero-order valence-corrected chi connectivity index (χ0v) is 10.8. The smallest absolute Gasteiger partial charge is 0.00156 e. The normalized spacial score (nSPS) is 19.1. The first-order chi connectivity index (χ1) is 7.18. The molecule has 0 fully saturated rings. The minimum absolute atomic E-state index is 0.874. The molecule has 0 N–H and O–H groups in total. The van der Waals surface area contributed by atoms with Gasteiger partial charge in [0.1, 0.15) is 0 Å². The van der Waals surface area contributed by atoms with E-state index in [4.69, 9.17) is 0 Å². The molecular formula is C14H27N. The molecule has 1 aliphatic heterocycles. The van der Waals surface area contributed by atoms with Crippen molar-refractivity contribution in [3.63, 3.8) is 0 Å². The Hall–Kier alpha value is -0.300. The maximum absolute atomic E-state index is 2.48. The molecule has 0 spiro atoms. The van der Waals surface area contributed by atoms with Crippen LogP contribution in [0.15, 0.2) is 11.6 Å². The van der Waals surface area contributed by atoms with Crippen LogP contribution in [0, 0.1) is 5.92 Å². The molecule has 0 atom stereocenters. The van der Waals surface area contributed by atoms with E-state index >= 15 is 0 Å². The fraction of sp³-hybridized carbons (Fsp3) is 0.857.